The lowest BCUT2D eigenvalue weighted by atomic mass is 9.88. The molecule has 0 radical (unpaired) electrons. The van der Waals surface area contributed by atoms with Gasteiger partial charge in [0.1, 0.15) is 17.5 Å². The fraction of sp³-hybridized carbons (Fsp3) is 0.267. The molecular formula is C30H25F2N3O4. The number of carboxylic acids is 1. The summed E-state index contributed by atoms with van der Waals surface area (Å²) in [6, 6.07) is 15.9. The summed E-state index contributed by atoms with van der Waals surface area (Å²) in [4.78, 5) is 35.3. The number of aromatic nitrogens is 2. The summed E-state index contributed by atoms with van der Waals surface area (Å²) in [6.45, 7) is 0. The van der Waals surface area contributed by atoms with Crippen LogP contribution in [0.5, 0.6) is 0 Å². The Morgan fingerprint density at radius 2 is 1.90 bits per heavy atom. The smallest absolute Gasteiger partial charge is 0.303 e. The monoisotopic (exact) mass is 529 g/mol. The van der Waals surface area contributed by atoms with Crippen molar-refractivity contribution in [3.63, 3.8) is 0 Å². The maximum atomic E-state index is 14.3. The predicted molar refractivity (Wildman–Crippen MR) is 141 cm³/mol. The predicted octanol–water partition coefficient (Wildman–Crippen LogP) is 5.43. The molecule has 9 heteroatoms. The first-order valence-corrected chi connectivity index (χ1v) is 12.9. The molecule has 1 unspecified atom stereocenters. The van der Waals surface area contributed by atoms with Gasteiger partial charge in [-0.15, -0.1) is 0 Å². The average Bonchev–Trinajstić information content (AvgIpc) is 3.52. The molecule has 1 aromatic heterocycles. The lowest BCUT2D eigenvalue weighted by Crippen LogP contribution is -2.24. The Labute approximate surface area is 222 Å². The molecule has 1 aliphatic carbocycles. The van der Waals surface area contributed by atoms with Gasteiger partial charge in [0.15, 0.2) is 5.60 Å². The highest BCUT2D eigenvalue weighted by molar-refractivity contribution is 6.04. The zero-order valence-corrected chi connectivity index (χ0v) is 21.0. The number of hydrogen-bond acceptors (Lipinski definition) is 5. The zero-order valence-electron chi connectivity index (χ0n) is 21.0. The molecule has 1 N–H and O–H groups in total. The second-order valence-corrected chi connectivity index (χ2v) is 10.0. The molecule has 0 saturated heterocycles. The Morgan fingerprint density at radius 1 is 1.08 bits per heavy atom. The van der Waals surface area contributed by atoms with Gasteiger partial charge in [0.25, 0.3) is 5.56 Å². The molecular weight excluding hydrogens is 504 g/mol. The molecule has 198 valence electrons. The third-order valence-corrected chi connectivity index (χ3v) is 7.57. The minimum atomic E-state index is -0.882. The SMILES string of the molecule is O=C(O)CCCCc1nc2cc(C3=NOC4(CCc5c(F)cccc54)C3)ccc2c(=O)n1-c1ccc(F)cc1. The Balaban J connectivity index is 1.36. The third kappa shape index (κ3) is 4.47. The number of fused-ring (bicyclic) bond motifs is 3. The standard InChI is InChI=1S/C30H25F2N3O4/c31-19-9-11-20(12-10-19)35-27(6-1-2-7-28(36)37)33-25-16-18(8-13-22(25)29(35)38)26-17-30(39-34-26)15-14-21-23(30)4-3-5-24(21)32/h3-5,8-13,16H,1-2,6-7,14-15,17H2,(H,36,37). The van der Waals surface area contributed by atoms with Gasteiger partial charge in [-0.25, -0.2) is 13.8 Å². The number of rotatable bonds is 7. The Morgan fingerprint density at radius 3 is 2.69 bits per heavy atom. The molecule has 0 bridgehead atoms. The molecule has 0 fully saturated rings. The van der Waals surface area contributed by atoms with Gasteiger partial charge >= 0.3 is 5.97 Å². The van der Waals surface area contributed by atoms with Gasteiger partial charge < -0.3 is 9.94 Å². The summed E-state index contributed by atoms with van der Waals surface area (Å²) in [7, 11) is 0. The largest absolute Gasteiger partial charge is 0.481 e. The van der Waals surface area contributed by atoms with Gasteiger partial charge in [0, 0.05) is 30.4 Å². The van der Waals surface area contributed by atoms with Gasteiger partial charge in [-0.2, -0.15) is 0 Å². The zero-order chi connectivity index (χ0) is 27.1. The number of unbranched alkanes of at least 4 members (excludes halogenated alkanes) is 1. The second-order valence-electron chi connectivity index (χ2n) is 10.0. The van der Waals surface area contributed by atoms with Crippen molar-refractivity contribution in [2.45, 2.75) is 50.5 Å². The van der Waals surface area contributed by atoms with Crippen LogP contribution >= 0.6 is 0 Å². The minimum absolute atomic E-state index is 0.0209. The number of nitrogens with zero attached hydrogens (tertiary/aromatic N) is 3. The first kappa shape index (κ1) is 24.9. The van der Waals surface area contributed by atoms with Crippen molar-refractivity contribution in [3.05, 3.63) is 105 Å². The molecule has 7 nitrogen and oxygen atoms in total. The maximum Gasteiger partial charge on any atom is 0.303 e. The van der Waals surface area contributed by atoms with E-state index in [0.29, 0.717) is 72.2 Å². The van der Waals surface area contributed by atoms with E-state index in [0.717, 1.165) is 11.1 Å². The fourth-order valence-electron chi connectivity index (χ4n) is 5.61. The first-order chi connectivity index (χ1) is 18.8. The van der Waals surface area contributed by atoms with E-state index in [1.54, 1.807) is 24.3 Å². The normalized spacial score (nSPS) is 17.8. The Kier molecular flexibility index (Phi) is 6.21. The van der Waals surface area contributed by atoms with Crippen molar-refractivity contribution < 1.29 is 23.5 Å². The summed E-state index contributed by atoms with van der Waals surface area (Å²) in [5.41, 5.74) is 2.91. The van der Waals surface area contributed by atoms with Crippen molar-refractivity contribution in [3.8, 4) is 5.69 Å². The summed E-state index contributed by atoms with van der Waals surface area (Å²) >= 11 is 0. The number of aryl methyl sites for hydroxylation is 1. The average molecular weight is 530 g/mol. The van der Waals surface area contributed by atoms with E-state index in [1.807, 2.05) is 6.07 Å². The molecule has 2 heterocycles. The van der Waals surface area contributed by atoms with Gasteiger partial charge in [-0.05, 0) is 73.7 Å². The fourth-order valence-corrected chi connectivity index (χ4v) is 5.61. The Bertz CT molecular complexity index is 1700. The van der Waals surface area contributed by atoms with Crippen LogP contribution in [0.25, 0.3) is 16.6 Å². The highest BCUT2D eigenvalue weighted by atomic mass is 19.1. The van der Waals surface area contributed by atoms with Gasteiger partial charge in [0.05, 0.1) is 22.3 Å². The van der Waals surface area contributed by atoms with Crippen molar-refractivity contribution >= 4 is 22.6 Å². The summed E-state index contributed by atoms with van der Waals surface area (Å²) in [5, 5.41) is 13.7. The van der Waals surface area contributed by atoms with E-state index in [1.165, 1.54) is 34.9 Å². The van der Waals surface area contributed by atoms with Crippen LogP contribution in [0.1, 0.15) is 54.6 Å². The highest BCUT2D eigenvalue weighted by Gasteiger charge is 2.47. The van der Waals surface area contributed by atoms with E-state index in [2.05, 4.69) is 5.16 Å². The Hall–Kier alpha value is -4.40. The van der Waals surface area contributed by atoms with E-state index >= 15 is 0 Å². The van der Waals surface area contributed by atoms with E-state index in [9.17, 15) is 18.4 Å². The number of hydrogen-bond donors (Lipinski definition) is 1. The molecule has 39 heavy (non-hydrogen) atoms. The van der Waals surface area contributed by atoms with E-state index < -0.39 is 17.4 Å². The van der Waals surface area contributed by atoms with Crippen LogP contribution in [0.4, 0.5) is 8.78 Å². The number of carbonyl (C=O) groups is 1. The molecule has 0 amide bonds. The van der Waals surface area contributed by atoms with Gasteiger partial charge in [0.2, 0.25) is 0 Å². The second kappa shape index (κ2) is 9.72. The number of carboxylic acid groups (broad SMARTS) is 1. The summed E-state index contributed by atoms with van der Waals surface area (Å²) < 4.78 is 29.4. The van der Waals surface area contributed by atoms with Crippen LogP contribution in [0, 0.1) is 11.6 Å². The number of benzene rings is 3. The van der Waals surface area contributed by atoms with Crippen LogP contribution in [0.2, 0.25) is 0 Å². The first-order valence-electron chi connectivity index (χ1n) is 12.9. The van der Waals surface area contributed by atoms with Crippen LogP contribution in [0.15, 0.2) is 70.6 Å². The topological polar surface area (TPSA) is 93.8 Å². The lowest BCUT2D eigenvalue weighted by Gasteiger charge is -2.22. The molecule has 3 aromatic carbocycles. The van der Waals surface area contributed by atoms with Crippen LogP contribution in [-0.4, -0.2) is 26.3 Å². The van der Waals surface area contributed by atoms with E-state index in [4.69, 9.17) is 14.9 Å². The maximum absolute atomic E-state index is 14.3. The summed E-state index contributed by atoms with van der Waals surface area (Å²) in [6.07, 6.45) is 3.03. The van der Waals surface area contributed by atoms with Crippen LogP contribution < -0.4 is 5.56 Å². The minimum Gasteiger partial charge on any atom is -0.481 e. The van der Waals surface area contributed by atoms with Crippen LogP contribution in [-0.2, 0) is 28.1 Å². The van der Waals surface area contributed by atoms with Gasteiger partial charge in [-0.1, -0.05) is 23.4 Å². The van der Waals surface area contributed by atoms with E-state index in [-0.39, 0.29) is 17.8 Å². The molecule has 1 atom stereocenters. The third-order valence-electron chi connectivity index (χ3n) is 7.57. The molecule has 1 spiro atoms. The van der Waals surface area contributed by atoms with Crippen LogP contribution in [0.3, 0.4) is 0 Å². The van der Waals surface area contributed by atoms with Gasteiger partial charge in [-0.3, -0.25) is 14.2 Å². The number of aliphatic carboxylic acids is 1. The molecule has 0 saturated carbocycles. The van der Waals surface area contributed by atoms with Crippen molar-refractivity contribution in [1.29, 1.82) is 0 Å². The molecule has 1 aliphatic heterocycles. The number of halogens is 2. The number of oxime groups is 1. The highest BCUT2D eigenvalue weighted by Crippen LogP contribution is 2.47. The van der Waals surface area contributed by atoms with Crippen molar-refractivity contribution in [1.82, 2.24) is 9.55 Å². The lowest BCUT2D eigenvalue weighted by molar-refractivity contribution is -0.137. The molecule has 4 aromatic rings. The van der Waals surface area contributed by atoms with Crippen molar-refractivity contribution in [2.24, 2.45) is 5.16 Å². The summed E-state index contributed by atoms with van der Waals surface area (Å²) in [5.74, 6) is -1.07. The molecule has 6 rings (SSSR count). The molecule has 2 aliphatic rings. The van der Waals surface area contributed by atoms with Crippen molar-refractivity contribution in [2.75, 3.05) is 0 Å². The quantitative estimate of drug-likeness (QED) is 0.323.